The summed E-state index contributed by atoms with van der Waals surface area (Å²) in [6.45, 7) is 0. The third-order valence-electron chi connectivity index (χ3n) is 3.08. The number of allylic oxidation sites excluding steroid dienone is 1. The molecule has 0 bridgehead atoms. The van der Waals surface area contributed by atoms with Crippen molar-refractivity contribution in [1.82, 2.24) is 0 Å². The van der Waals surface area contributed by atoms with Crippen LogP contribution < -0.4 is 0 Å². The van der Waals surface area contributed by atoms with Crippen LogP contribution in [0.2, 0.25) is 0 Å². The monoisotopic (exact) mass is 276 g/mol. The SMILES string of the molecule is O=C1C(=C2SCCCCS2)C(=O)c2ccccc21. The lowest BCUT2D eigenvalue weighted by Gasteiger charge is -2.04. The number of rotatable bonds is 0. The molecule has 2 aliphatic rings. The van der Waals surface area contributed by atoms with Gasteiger partial charge in [0.2, 0.25) is 0 Å². The van der Waals surface area contributed by atoms with Crippen LogP contribution >= 0.6 is 23.5 Å². The van der Waals surface area contributed by atoms with Gasteiger partial charge in [0.15, 0.2) is 11.6 Å². The molecule has 0 radical (unpaired) electrons. The smallest absolute Gasteiger partial charge is 0.199 e. The van der Waals surface area contributed by atoms with Gasteiger partial charge in [0, 0.05) is 11.1 Å². The molecule has 1 aromatic rings. The van der Waals surface area contributed by atoms with Gasteiger partial charge in [-0.15, -0.1) is 23.5 Å². The standard InChI is InChI=1S/C14H12O2S2/c15-12-9-5-1-2-6-10(9)13(16)11(12)14-17-7-3-4-8-18-14/h1-2,5-6H,3-4,7-8H2. The molecule has 2 nitrogen and oxygen atoms in total. The lowest BCUT2D eigenvalue weighted by molar-refractivity contribution is 0.0989. The zero-order chi connectivity index (χ0) is 12.5. The van der Waals surface area contributed by atoms with Crippen molar-refractivity contribution in [1.29, 1.82) is 0 Å². The zero-order valence-electron chi connectivity index (χ0n) is 9.77. The highest BCUT2D eigenvalue weighted by atomic mass is 32.2. The first-order chi connectivity index (χ1) is 8.79. The highest BCUT2D eigenvalue weighted by Gasteiger charge is 2.35. The van der Waals surface area contributed by atoms with Crippen molar-refractivity contribution in [2.24, 2.45) is 0 Å². The van der Waals surface area contributed by atoms with E-state index in [-0.39, 0.29) is 11.6 Å². The summed E-state index contributed by atoms with van der Waals surface area (Å²) in [5, 5.41) is 0. The molecule has 0 aromatic heterocycles. The maximum absolute atomic E-state index is 12.3. The number of carbonyl (C=O) groups is 2. The van der Waals surface area contributed by atoms with E-state index >= 15 is 0 Å². The number of Topliss-reactive ketones (excluding diaryl/α,β-unsaturated/α-hetero) is 2. The van der Waals surface area contributed by atoms with E-state index in [2.05, 4.69) is 0 Å². The summed E-state index contributed by atoms with van der Waals surface area (Å²) in [7, 11) is 0. The zero-order valence-corrected chi connectivity index (χ0v) is 11.4. The first-order valence-corrected chi connectivity index (χ1v) is 7.94. The van der Waals surface area contributed by atoms with E-state index in [1.54, 1.807) is 35.7 Å². The minimum atomic E-state index is -0.0903. The van der Waals surface area contributed by atoms with E-state index in [1.807, 2.05) is 12.1 Å². The van der Waals surface area contributed by atoms with Gasteiger partial charge in [0.1, 0.15) is 0 Å². The van der Waals surface area contributed by atoms with Gasteiger partial charge in [0.25, 0.3) is 0 Å². The first-order valence-electron chi connectivity index (χ1n) is 5.97. The normalized spacial score (nSPS) is 20.0. The number of fused-ring (bicyclic) bond motifs is 1. The molecule has 0 amide bonds. The van der Waals surface area contributed by atoms with Crippen molar-refractivity contribution in [3.8, 4) is 0 Å². The second kappa shape index (κ2) is 4.94. The molecule has 3 rings (SSSR count). The number of carbonyl (C=O) groups excluding carboxylic acids is 2. The average molecular weight is 276 g/mol. The minimum absolute atomic E-state index is 0.0903. The molecule has 0 atom stereocenters. The molecule has 1 aromatic carbocycles. The minimum Gasteiger partial charge on any atom is -0.288 e. The van der Waals surface area contributed by atoms with Crippen LogP contribution in [0.3, 0.4) is 0 Å². The number of thioether (sulfide) groups is 2. The molecule has 1 heterocycles. The van der Waals surface area contributed by atoms with Crippen LogP contribution in [0.1, 0.15) is 33.6 Å². The van der Waals surface area contributed by atoms with Gasteiger partial charge in [-0.05, 0) is 24.3 Å². The van der Waals surface area contributed by atoms with Crippen LogP contribution in [0.25, 0.3) is 0 Å². The lowest BCUT2D eigenvalue weighted by atomic mass is 10.1. The Kier molecular flexibility index (Phi) is 3.31. The second-order valence-corrected chi connectivity index (χ2v) is 6.74. The van der Waals surface area contributed by atoms with Crippen molar-refractivity contribution in [3.05, 3.63) is 45.2 Å². The first kappa shape index (κ1) is 12.1. The molecule has 1 fully saturated rings. The van der Waals surface area contributed by atoms with Gasteiger partial charge in [-0.25, -0.2) is 0 Å². The van der Waals surface area contributed by atoms with E-state index in [9.17, 15) is 9.59 Å². The summed E-state index contributed by atoms with van der Waals surface area (Å²) in [5.74, 6) is 1.82. The van der Waals surface area contributed by atoms with E-state index in [1.165, 1.54) is 0 Å². The predicted molar refractivity (Wildman–Crippen MR) is 76.3 cm³/mol. The molecule has 0 saturated carbocycles. The maximum Gasteiger partial charge on any atom is 0.199 e. The molecule has 0 unspecified atom stereocenters. The molecule has 0 N–H and O–H groups in total. The molecule has 1 aliphatic carbocycles. The quantitative estimate of drug-likeness (QED) is 0.536. The van der Waals surface area contributed by atoms with Crippen LogP contribution in [-0.2, 0) is 0 Å². The Morgan fingerprint density at radius 3 is 1.83 bits per heavy atom. The van der Waals surface area contributed by atoms with Gasteiger partial charge < -0.3 is 0 Å². The highest BCUT2D eigenvalue weighted by Crippen LogP contribution is 2.40. The molecule has 1 saturated heterocycles. The molecular formula is C14H12O2S2. The average Bonchev–Trinajstić information content (AvgIpc) is 2.61. The molecular weight excluding hydrogens is 264 g/mol. The fourth-order valence-electron chi connectivity index (χ4n) is 2.16. The van der Waals surface area contributed by atoms with Crippen molar-refractivity contribution < 1.29 is 9.59 Å². The van der Waals surface area contributed by atoms with Crippen LogP contribution in [0.4, 0.5) is 0 Å². The lowest BCUT2D eigenvalue weighted by Crippen LogP contribution is -2.03. The summed E-state index contributed by atoms with van der Waals surface area (Å²) in [5.41, 5.74) is 1.54. The van der Waals surface area contributed by atoms with Gasteiger partial charge in [0.05, 0.1) is 9.81 Å². The Balaban J connectivity index is 2.08. The van der Waals surface area contributed by atoms with Crippen LogP contribution in [0.15, 0.2) is 34.1 Å². The summed E-state index contributed by atoms with van der Waals surface area (Å²) in [6.07, 6.45) is 2.31. The van der Waals surface area contributed by atoms with Crippen LogP contribution in [-0.4, -0.2) is 23.1 Å². The number of ketones is 2. The van der Waals surface area contributed by atoms with E-state index in [0.29, 0.717) is 16.7 Å². The third kappa shape index (κ3) is 1.93. The van der Waals surface area contributed by atoms with Crippen LogP contribution in [0.5, 0.6) is 0 Å². The Bertz CT molecular complexity index is 514. The second-order valence-electron chi connectivity index (χ2n) is 4.27. The van der Waals surface area contributed by atoms with Gasteiger partial charge in [-0.2, -0.15) is 0 Å². The van der Waals surface area contributed by atoms with E-state index in [4.69, 9.17) is 0 Å². The van der Waals surface area contributed by atoms with Gasteiger partial charge in [-0.1, -0.05) is 24.3 Å². The Hall–Kier alpha value is -1.00. The largest absolute Gasteiger partial charge is 0.288 e. The van der Waals surface area contributed by atoms with Crippen molar-refractivity contribution in [3.63, 3.8) is 0 Å². The molecule has 4 heteroatoms. The summed E-state index contributed by atoms with van der Waals surface area (Å²) in [6, 6.07) is 7.11. The van der Waals surface area contributed by atoms with Crippen molar-refractivity contribution in [2.75, 3.05) is 11.5 Å². The fourth-order valence-corrected chi connectivity index (χ4v) is 4.72. The van der Waals surface area contributed by atoms with Crippen molar-refractivity contribution >= 4 is 35.1 Å². The number of benzene rings is 1. The molecule has 0 spiro atoms. The topological polar surface area (TPSA) is 34.1 Å². The highest BCUT2D eigenvalue weighted by molar-refractivity contribution is 8.22. The Morgan fingerprint density at radius 1 is 0.833 bits per heavy atom. The Morgan fingerprint density at radius 2 is 1.33 bits per heavy atom. The van der Waals surface area contributed by atoms with Gasteiger partial charge in [-0.3, -0.25) is 9.59 Å². The summed E-state index contributed by atoms with van der Waals surface area (Å²) < 4.78 is 0.929. The predicted octanol–water partition coefficient (Wildman–Crippen LogP) is 3.54. The van der Waals surface area contributed by atoms with E-state index < -0.39 is 0 Å². The van der Waals surface area contributed by atoms with Crippen molar-refractivity contribution in [2.45, 2.75) is 12.8 Å². The summed E-state index contributed by atoms with van der Waals surface area (Å²) >= 11 is 3.32. The van der Waals surface area contributed by atoms with Crippen LogP contribution in [0, 0.1) is 0 Å². The number of hydrogen-bond acceptors (Lipinski definition) is 4. The number of hydrogen-bond donors (Lipinski definition) is 0. The van der Waals surface area contributed by atoms with E-state index in [0.717, 1.165) is 28.6 Å². The molecule has 18 heavy (non-hydrogen) atoms. The molecule has 1 aliphatic heterocycles. The van der Waals surface area contributed by atoms with Gasteiger partial charge >= 0.3 is 0 Å². The third-order valence-corrected chi connectivity index (χ3v) is 5.70. The maximum atomic E-state index is 12.3. The Labute approximate surface area is 114 Å². The fraction of sp³-hybridized carbons (Fsp3) is 0.286. The molecule has 92 valence electrons. The summed E-state index contributed by atoms with van der Waals surface area (Å²) in [4.78, 5) is 24.6.